The number of nitrogens with one attached hydrogen (secondary N) is 2. The molecule has 1 atom stereocenters. The zero-order valence-electron chi connectivity index (χ0n) is 10.2. The first kappa shape index (κ1) is 13.6. The molecule has 1 aliphatic heterocycles. The van der Waals surface area contributed by atoms with E-state index >= 15 is 0 Å². The number of allylic oxidation sites excluding steroid dienone is 3. The van der Waals surface area contributed by atoms with Crippen LogP contribution < -0.4 is 10.6 Å². The van der Waals surface area contributed by atoms with Gasteiger partial charge in [-0.15, -0.1) is 0 Å². The Bertz CT molecular complexity index is 285. The van der Waals surface area contributed by atoms with Crippen LogP contribution in [-0.4, -0.2) is 6.17 Å². The van der Waals surface area contributed by atoms with Gasteiger partial charge in [-0.3, -0.25) is 0 Å². The van der Waals surface area contributed by atoms with Crippen LogP contribution in [0.1, 0.15) is 27.7 Å². The van der Waals surface area contributed by atoms with Crippen LogP contribution in [0.5, 0.6) is 0 Å². The smallest absolute Gasteiger partial charge is 0.0934 e. The van der Waals surface area contributed by atoms with Crippen molar-refractivity contribution in [3.8, 4) is 0 Å². The van der Waals surface area contributed by atoms with Crippen molar-refractivity contribution in [3.05, 3.63) is 48.4 Å². The zero-order valence-corrected chi connectivity index (χ0v) is 10.2. The molecule has 1 fully saturated rings. The quantitative estimate of drug-likeness (QED) is 0.689. The normalized spacial score (nSPS) is 25.1. The van der Waals surface area contributed by atoms with Gasteiger partial charge in [0.2, 0.25) is 0 Å². The van der Waals surface area contributed by atoms with Crippen LogP contribution in [0.2, 0.25) is 0 Å². The Morgan fingerprint density at radius 1 is 1.27 bits per heavy atom. The van der Waals surface area contributed by atoms with E-state index in [1.165, 1.54) is 0 Å². The van der Waals surface area contributed by atoms with E-state index in [0.717, 1.165) is 17.0 Å². The molecule has 0 amide bonds. The van der Waals surface area contributed by atoms with E-state index in [1.807, 2.05) is 32.9 Å². The van der Waals surface area contributed by atoms with Crippen molar-refractivity contribution in [3.63, 3.8) is 0 Å². The van der Waals surface area contributed by atoms with Crippen LogP contribution in [0.15, 0.2) is 48.4 Å². The second-order valence-electron chi connectivity index (χ2n) is 3.01. The summed E-state index contributed by atoms with van der Waals surface area (Å²) in [6.07, 6.45) is 5.99. The maximum absolute atomic E-state index is 3.95. The molecule has 0 spiro atoms. The maximum Gasteiger partial charge on any atom is 0.0934 e. The predicted octanol–water partition coefficient (Wildman–Crippen LogP) is 3.08. The fourth-order valence-electron chi connectivity index (χ4n) is 1.43. The molecule has 84 valence electrons. The molecule has 0 radical (unpaired) electrons. The summed E-state index contributed by atoms with van der Waals surface area (Å²) in [4.78, 5) is 0. The lowest BCUT2D eigenvalue weighted by Crippen LogP contribution is -2.44. The Morgan fingerprint density at radius 3 is 2.33 bits per heavy atom. The van der Waals surface area contributed by atoms with Gasteiger partial charge in [0, 0.05) is 17.0 Å². The molecule has 2 nitrogen and oxygen atoms in total. The minimum atomic E-state index is 0.224. The topological polar surface area (TPSA) is 24.1 Å². The number of hydrogen-bond acceptors (Lipinski definition) is 2. The van der Waals surface area contributed by atoms with Crippen LogP contribution in [0.3, 0.4) is 0 Å². The standard InChI is InChI=1S/C11H16N2.C2H6/c1-5-7-11-10(6-2)8(3)12-9(4)13-11;1-2/h5-7,9,12-13H,1,3H2,2,4H3;1-2H3/b10-6-,11-7+;. The third kappa shape index (κ3) is 3.66. The molecular formula is C13H22N2. The van der Waals surface area contributed by atoms with Gasteiger partial charge >= 0.3 is 0 Å². The van der Waals surface area contributed by atoms with Gasteiger partial charge in [-0.2, -0.15) is 0 Å². The Morgan fingerprint density at radius 2 is 1.87 bits per heavy atom. The minimum absolute atomic E-state index is 0.224. The Kier molecular flexibility index (Phi) is 6.27. The molecule has 2 heteroatoms. The van der Waals surface area contributed by atoms with Gasteiger partial charge in [-0.1, -0.05) is 39.2 Å². The Labute approximate surface area is 93.5 Å². The third-order valence-electron chi connectivity index (χ3n) is 1.95. The second-order valence-corrected chi connectivity index (χ2v) is 3.01. The van der Waals surface area contributed by atoms with E-state index in [1.54, 1.807) is 6.08 Å². The first-order chi connectivity index (χ1) is 7.19. The van der Waals surface area contributed by atoms with Gasteiger partial charge < -0.3 is 10.6 Å². The largest absolute Gasteiger partial charge is 0.366 e. The molecule has 1 heterocycles. The summed E-state index contributed by atoms with van der Waals surface area (Å²) >= 11 is 0. The van der Waals surface area contributed by atoms with Gasteiger partial charge in [0.1, 0.15) is 0 Å². The summed E-state index contributed by atoms with van der Waals surface area (Å²) in [7, 11) is 0. The molecule has 0 saturated carbocycles. The van der Waals surface area contributed by atoms with Crippen molar-refractivity contribution in [2.75, 3.05) is 0 Å². The van der Waals surface area contributed by atoms with Crippen molar-refractivity contribution in [1.29, 1.82) is 0 Å². The van der Waals surface area contributed by atoms with Gasteiger partial charge in [0.25, 0.3) is 0 Å². The molecule has 2 N–H and O–H groups in total. The molecule has 1 rings (SSSR count). The molecule has 15 heavy (non-hydrogen) atoms. The van der Waals surface area contributed by atoms with Gasteiger partial charge in [0.15, 0.2) is 0 Å². The van der Waals surface area contributed by atoms with Crippen LogP contribution in [-0.2, 0) is 0 Å². The molecule has 1 unspecified atom stereocenters. The van der Waals surface area contributed by atoms with Crippen molar-refractivity contribution in [1.82, 2.24) is 10.6 Å². The SMILES string of the molecule is C=C/C=C1/NC(C)NC(=C)/C1=C/C.CC. The molecule has 0 aliphatic carbocycles. The van der Waals surface area contributed by atoms with Crippen molar-refractivity contribution in [2.24, 2.45) is 0 Å². The van der Waals surface area contributed by atoms with Crippen LogP contribution in [0.4, 0.5) is 0 Å². The fraction of sp³-hybridized carbons (Fsp3) is 0.385. The highest BCUT2D eigenvalue weighted by Crippen LogP contribution is 2.18. The molecule has 0 aromatic heterocycles. The summed E-state index contributed by atoms with van der Waals surface area (Å²) in [5.74, 6) is 0. The Hall–Kier alpha value is -1.44. The monoisotopic (exact) mass is 206 g/mol. The van der Waals surface area contributed by atoms with E-state index in [2.05, 4.69) is 30.7 Å². The van der Waals surface area contributed by atoms with E-state index in [0.29, 0.717) is 0 Å². The highest BCUT2D eigenvalue weighted by molar-refractivity contribution is 5.47. The summed E-state index contributed by atoms with van der Waals surface area (Å²) in [5, 5.41) is 6.52. The molecule has 1 aliphatic rings. The lowest BCUT2D eigenvalue weighted by atomic mass is 10.1. The van der Waals surface area contributed by atoms with Gasteiger partial charge in [-0.05, 0) is 19.9 Å². The van der Waals surface area contributed by atoms with E-state index in [4.69, 9.17) is 0 Å². The van der Waals surface area contributed by atoms with Crippen molar-refractivity contribution >= 4 is 0 Å². The third-order valence-corrected chi connectivity index (χ3v) is 1.95. The van der Waals surface area contributed by atoms with Crippen LogP contribution in [0.25, 0.3) is 0 Å². The van der Waals surface area contributed by atoms with E-state index in [9.17, 15) is 0 Å². The van der Waals surface area contributed by atoms with Crippen LogP contribution in [0, 0.1) is 0 Å². The molecular weight excluding hydrogens is 184 g/mol. The molecule has 0 aromatic rings. The summed E-state index contributed by atoms with van der Waals surface area (Å²) in [6.45, 7) is 15.7. The Balaban J connectivity index is 0.000000921. The molecule has 0 bridgehead atoms. The summed E-state index contributed by atoms with van der Waals surface area (Å²) < 4.78 is 0. The van der Waals surface area contributed by atoms with Gasteiger partial charge in [-0.25, -0.2) is 0 Å². The zero-order chi connectivity index (χ0) is 11.8. The summed E-state index contributed by atoms with van der Waals surface area (Å²) in [5.41, 5.74) is 3.15. The maximum atomic E-state index is 3.95. The number of rotatable bonds is 1. The predicted molar refractivity (Wildman–Crippen MR) is 68.3 cm³/mol. The average molecular weight is 206 g/mol. The first-order valence-corrected chi connectivity index (χ1v) is 5.40. The lowest BCUT2D eigenvalue weighted by molar-refractivity contribution is 0.523. The second kappa shape index (κ2) is 6.93. The van der Waals surface area contributed by atoms with E-state index < -0.39 is 0 Å². The highest BCUT2D eigenvalue weighted by atomic mass is 15.2. The highest BCUT2D eigenvalue weighted by Gasteiger charge is 2.16. The van der Waals surface area contributed by atoms with E-state index in [-0.39, 0.29) is 6.17 Å². The van der Waals surface area contributed by atoms with Crippen LogP contribution >= 0.6 is 0 Å². The fourth-order valence-corrected chi connectivity index (χ4v) is 1.43. The van der Waals surface area contributed by atoms with Crippen molar-refractivity contribution < 1.29 is 0 Å². The first-order valence-electron chi connectivity index (χ1n) is 5.40. The summed E-state index contributed by atoms with van der Waals surface area (Å²) in [6, 6.07) is 0. The number of hydrogen-bond donors (Lipinski definition) is 2. The van der Waals surface area contributed by atoms with Gasteiger partial charge in [0.05, 0.1) is 6.17 Å². The average Bonchev–Trinajstić information content (AvgIpc) is 2.21. The van der Waals surface area contributed by atoms with Crippen molar-refractivity contribution in [2.45, 2.75) is 33.9 Å². The lowest BCUT2D eigenvalue weighted by Gasteiger charge is -2.30. The molecule has 0 aromatic carbocycles. The minimum Gasteiger partial charge on any atom is -0.366 e. The molecule has 1 saturated heterocycles.